The van der Waals surface area contributed by atoms with E-state index in [1.807, 2.05) is 27.7 Å². The third-order valence-corrected chi connectivity index (χ3v) is 16.7. The predicted molar refractivity (Wildman–Crippen MR) is 213 cm³/mol. The van der Waals surface area contributed by atoms with Crippen molar-refractivity contribution in [3.63, 3.8) is 0 Å². The van der Waals surface area contributed by atoms with Gasteiger partial charge in [0.15, 0.2) is 0 Å². The lowest BCUT2D eigenvalue weighted by atomic mass is 9.32. The quantitative estimate of drug-likeness (QED) is 0.0891. The standard InChI is InChI=1S/C45H72N2O8/c1-28(2)29-14-23-45(47-55-37(53)18-20-40(5,6)27-35(50)51)25-24-43(10)30(38(29)45)12-13-32-42(9)21-16-33(41(7,8)31(42)15-22-44(32,43)11)46-54-36(52)17-19-39(3,4)26-34(48)49/h29-32,38,47H,1,12-27H2,2-11H3,(H,48,49)(H,50,51)/b46-33+/t29-,30+,31-,32+,38+,42-,43+,44+,45-/m0/s1. The summed E-state index contributed by atoms with van der Waals surface area (Å²) >= 11 is 0. The van der Waals surface area contributed by atoms with E-state index < -0.39 is 28.7 Å². The van der Waals surface area contributed by atoms with Crippen LogP contribution in [-0.2, 0) is 28.9 Å². The van der Waals surface area contributed by atoms with E-state index in [2.05, 4.69) is 58.8 Å². The highest BCUT2D eigenvalue weighted by Gasteiger charge is 2.71. The largest absolute Gasteiger partial charge is 0.481 e. The molecule has 0 unspecified atom stereocenters. The van der Waals surface area contributed by atoms with Crippen LogP contribution in [0.25, 0.3) is 0 Å². The van der Waals surface area contributed by atoms with Gasteiger partial charge in [0, 0.05) is 18.3 Å². The Morgan fingerprint density at radius 1 is 0.782 bits per heavy atom. The topological polar surface area (TPSA) is 152 Å². The summed E-state index contributed by atoms with van der Waals surface area (Å²) < 4.78 is 0. The van der Waals surface area contributed by atoms with Crippen molar-refractivity contribution in [1.82, 2.24) is 5.48 Å². The maximum atomic E-state index is 13.1. The zero-order valence-corrected chi connectivity index (χ0v) is 35.7. The molecule has 10 nitrogen and oxygen atoms in total. The summed E-state index contributed by atoms with van der Waals surface area (Å²) in [6.07, 6.45) is 11.5. The summed E-state index contributed by atoms with van der Waals surface area (Å²) in [5.41, 5.74) is 4.42. The van der Waals surface area contributed by atoms with E-state index in [1.165, 1.54) is 5.57 Å². The summed E-state index contributed by atoms with van der Waals surface area (Å²) in [7, 11) is 0. The molecule has 0 spiro atoms. The van der Waals surface area contributed by atoms with E-state index in [-0.39, 0.29) is 58.9 Å². The van der Waals surface area contributed by atoms with E-state index in [4.69, 9.17) is 9.68 Å². The van der Waals surface area contributed by atoms with Crippen LogP contribution in [0.5, 0.6) is 0 Å². The van der Waals surface area contributed by atoms with Gasteiger partial charge in [-0.1, -0.05) is 79.6 Å². The van der Waals surface area contributed by atoms with Crippen molar-refractivity contribution in [1.29, 1.82) is 0 Å². The first-order valence-corrected chi connectivity index (χ1v) is 21.2. The molecule has 5 fully saturated rings. The van der Waals surface area contributed by atoms with Gasteiger partial charge in [-0.3, -0.25) is 14.4 Å². The third-order valence-electron chi connectivity index (χ3n) is 16.7. The fraction of sp³-hybridized carbons (Fsp3) is 0.844. The van der Waals surface area contributed by atoms with Gasteiger partial charge < -0.3 is 19.9 Å². The van der Waals surface area contributed by atoms with Crippen LogP contribution in [-0.4, -0.2) is 45.3 Å². The number of allylic oxidation sites excluding steroid dienone is 1. The van der Waals surface area contributed by atoms with Gasteiger partial charge in [-0.2, -0.15) is 0 Å². The number of hydrogen-bond donors (Lipinski definition) is 3. The lowest BCUT2D eigenvalue weighted by Crippen LogP contribution is -2.68. The summed E-state index contributed by atoms with van der Waals surface area (Å²) in [6.45, 7) is 26.4. The van der Waals surface area contributed by atoms with Gasteiger partial charge in [0.25, 0.3) is 0 Å². The molecule has 0 bridgehead atoms. The Morgan fingerprint density at radius 3 is 1.96 bits per heavy atom. The molecule has 0 saturated heterocycles. The first-order chi connectivity index (χ1) is 25.3. The molecule has 0 aromatic rings. The van der Waals surface area contributed by atoms with Crippen LogP contribution >= 0.6 is 0 Å². The predicted octanol–water partition coefficient (Wildman–Crippen LogP) is 9.91. The van der Waals surface area contributed by atoms with Crippen LogP contribution in [0.4, 0.5) is 0 Å². The second-order valence-electron chi connectivity index (χ2n) is 21.6. The van der Waals surface area contributed by atoms with E-state index in [0.29, 0.717) is 42.4 Å². The molecule has 310 valence electrons. The maximum Gasteiger partial charge on any atom is 0.335 e. The SMILES string of the molecule is C=C(C)[C@@H]1CC[C@]2(NOC(=O)CCC(C)(C)CC(=O)O)CC[C@]3(C)[C@H](CC[C@@H]4[C@@]5(C)CC/C(=N\OC(=O)CCC(C)(C)CC(=O)O)C(C)(C)[C@@H]5CC[C@]43C)[C@@H]12. The van der Waals surface area contributed by atoms with Crippen LogP contribution in [0.15, 0.2) is 17.3 Å². The van der Waals surface area contributed by atoms with Gasteiger partial charge in [0.1, 0.15) is 0 Å². The molecule has 55 heavy (non-hydrogen) atoms. The Hall–Kier alpha value is -2.75. The molecule has 9 atom stereocenters. The minimum atomic E-state index is -0.869. The summed E-state index contributed by atoms with van der Waals surface area (Å²) in [4.78, 5) is 59.9. The van der Waals surface area contributed by atoms with Gasteiger partial charge in [-0.15, -0.1) is 5.48 Å². The fourth-order valence-electron chi connectivity index (χ4n) is 13.5. The van der Waals surface area contributed by atoms with E-state index in [9.17, 15) is 29.4 Å². The average molecular weight is 769 g/mol. The Bertz CT molecular complexity index is 1560. The molecule has 10 heteroatoms. The highest BCUT2D eigenvalue weighted by Crippen LogP contribution is 2.76. The first-order valence-electron chi connectivity index (χ1n) is 21.2. The van der Waals surface area contributed by atoms with Crippen molar-refractivity contribution in [3.05, 3.63) is 12.2 Å². The van der Waals surface area contributed by atoms with Crippen molar-refractivity contribution in [3.8, 4) is 0 Å². The Balaban J connectivity index is 1.31. The maximum absolute atomic E-state index is 13.1. The lowest BCUT2D eigenvalue weighted by molar-refractivity contribution is -0.229. The van der Waals surface area contributed by atoms with Gasteiger partial charge in [-0.25, -0.2) is 4.79 Å². The van der Waals surface area contributed by atoms with Crippen molar-refractivity contribution < 1.29 is 39.1 Å². The summed E-state index contributed by atoms with van der Waals surface area (Å²) in [5, 5.41) is 23.0. The van der Waals surface area contributed by atoms with Crippen molar-refractivity contribution >= 4 is 29.6 Å². The zero-order valence-electron chi connectivity index (χ0n) is 35.7. The molecular weight excluding hydrogens is 697 g/mol. The zero-order chi connectivity index (χ0) is 41.0. The minimum absolute atomic E-state index is 0.00182. The van der Waals surface area contributed by atoms with Gasteiger partial charge in [0.05, 0.1) is 24.1 Å². The highest BCUT2D eigenvalue weighted by atomic mass is 16.7. The van der Waals surface area contributed by atoms with Crippen LogP contribution in [0.3, 0.4) is 0 Å². The molecule has 0 amide bonds. The second kappa shape index (κ2) is 15.2. The molecule has 5 aliphatic carbocycles. The Kier molecular flexibility index (Phi) is 12.0. The number of hydrogen-bond acceptors (Lipinski definition) is 8. The average Bonchev–Trinajstić information content (AvgIpc) is 3.44. The van der Waals surface area contributed by atoms with Gasteiger partial charge in [0.2, 0.25) is 0 Å². The van der Waals surface area contributed by atoms with Crippen LogP contribution in [0, 0.1) is 62.1 Å². The molecule has 5 aliphatic rings. The Morgan fingerprint density at radius 2 is 1.38 bits per heavy atom. The molecule has 0 heterocycles. The number of carbonyl (C=O) groups is 4. The molecule has 0 radical (unpaired) electrons. The molecule has 0 aromatic carbocycles. The summed E-state index contributed by atoms with van der Waals surface area (Å²) in [5.74, 6) is -0.386. The number of nitrogens with one attached hydrogen (secondary N) is 1. The lowest BCUT2D eigenvalue weighted by Gasteiger charge is -2.72. The third kappa shape index (κ3) is 8.18. The second-order valence-corrected chi connectivity index (χ2v) is 21.6. The smallest absolute Gasteiger partial charge is 0.335 e. The molecule has 3 N–H and O–H groups in total. The number of carboxylic acids is 2. The number of carboxylic acid groups (broad SMARTS) is 2. The minimum Gasteiger partial charge on any atom is -0.481 e. The molecule has 0 aliphatic heterocycles. The van der Waals surface area contributed by atoms with E-state index >= 15 is 0 Å². The Labute approximate surface area is 330 Å². The number of nitrogens with zero attached hydrogens (tertiary/aromatic N) is 1. The highest BCUT2D eigenvalue weighted by molar-refractivity contribution is 5.91. The first kappa shape index (κ1) is 43.4. The van der Waals surface area contributed by atoms with Gasteiger partial charge >= 0.3 is 23.9 Å². The number of oxime groups is 1. The molecule has 0 aromatic heterocycles. The van der Waals surface area contributed by atoms with Crippen molar-refractivity contribution in [2.24, 2.45) is 67.2 Å². The normalized spacial score (nSPS) is 37.5. The van der Waals surface area contributed by atoms with Crippen LogP contribution in [0.1, 0.15) is 172 Å². The molecule has 5 rings (SSSR count). The van der Waals surface area contributed by atoms with Crippen LogP contribution < -0.4 is 5.48 Å². The molecular formula is C45H72N2O8. The van der Waals surface area contributed by atoms with E-state index in [1.54, 1.807) is 0 Å². The number of fused-ring (bicyclic) bond motifs is 7. The van der Waals surface area contributed by atoms with Crippen molar-refractivity contribution in [2.45, 2.75) is 178 Å². The number of rotatable bonds is 14. The number of aliphatic carboxylic acids is 2. The fourth-order valence-corrected chi connectivity index (χ4v) is 13.5. The summed E-state index contributed by atoms with van der Waals surface area (Å²) in [6, 6.07) is 0. The van der Waals surface area contributed by atoms with Crippen LogP contribution in [0.2, 0.25) is 0 Å². The number of hydroxylamine groups is 1. The van der Waals surface area contributed by atoms with Gasteiger partial charge in [-0.05, 0) is 141 Å². The molecule has 5 saturated carbocycles. The monoisotopic (exact) mass is 769 g/mol. The van der Waals surface area contributed by atoms with E-state index in [0.717, 1.165) is 69.9 Å². The number of carbonyl (C=O) groups excluding carboxylic acids is 2. The van der Waals surface area contributed by atoms with Crippen molar-refractivity contribution in [2.75, 3.05) is 0 Å².